The normalized spacial score (nSPS) is 14.8. The Hall–Kier alpha value is -0.470. The Kier molecular flexibility index (Phi) is 5.36. The minimum absolute atomic E-state index is 0.592. The van der Waals surface area contributed by atoms with Gasteiger partial charge in [0.25, 0.3) is 0 Å². The predicted molar refractivity (Wildman–Crippen MR) is 74.4 cm³/mol. The first-order valence-corrected chi connectivity index (χ1v) is 6.82. The minimum Gasteiger partial charge on any atom is -0.317 e. The van der Waals surface area contributed by atoms with E-state index < -0.39 is 0 Å². The van der Waals surface area contributed by atoms with Crippen molar-refractivity contribution in [2.75, 3.05) is 7.05 Å². The first-order valence-electron chi connectivity index (χ1n) is 5.94. The molecule has 0 radical (unpaired) electrons. The van der Waals surface area contributed by atoms with Crippen LogP contribution >= 0.6 is 11.8 Å². The van der Waals surface area contributed by atoms with E-state index in [0.717, 1.165) is 0 Å². The van der Waals surface area contributed by atoms with Gasteiger partial charge in [0, 0.05) is 16.2 Å². The largest absolute Gasteiger partial charge is 0.317 e. The van der Waals surface area contributed by atoms with E-state index in [1.54, 1.807) is 0 Å². The molecular weight excluding hydrogens is 214 g/mol. The van der Waals surface area contributed by atoms with Crippen molar-refractivity contribution in [2.24, 2.45) is 0 Å². The molecule has 2 heteroatoms. The molecule has 1 nitrogen and oxygen atoms in total. The molecule has 0 heterocycles. The number of rotatable bonds is 5. The first kappa shape index (κ1) is 13.6. The van der Waals surface area contributed by atoms with Crippen molar-refractivity contribution in [1.29, 1.82) is 0 Å². The first-order chi connectivity index (χ1) is 7.52. The lowest BCUT2D eigenvalue weighted by atomic mass is 10.1. The third-order valence-electron chi connectivity index (χ3n) is 2.99. The van der Waals surface area contributed by atoms with Crippen LogP contribution in [0, 0.1) is 13.8 Å². The number of hydrogen-bond donors (Lipinski definition) is 1. The number of thioether (sulfide) groups is 1. The monoisotopic (exact) mass is 237 g/mol. The number of aryl methyl sites for hydroxylation is 2. The zero-order chi connectivity index (χ0) is 12.1. The molecule has 0 amide bonds. The van der Waals surface area contributed by atoms with Gasteiger partial charge in [0.1, 0.15) is 0 Å². The summed E-state index contributed by atoms with van der Waals surface area (Å²) in [6, 6.07) is 7.33. The predicted octanol–water partition coefficient (Wildman–Crippen LogP) is 3.78. The van der Waals surface area contributed by atoms with Crippen molar-refractivity contribution in [3.8, 4) is 0 Å². The highest BCUT2D eigenvalue weighted by Gasteiger charge is 2.08. The third kappa shape index (κ3) is 4.18. The summed E-state index contributed by atoms with van der Waals surface area (Å²) >= 11 is 1.97. The van der Waals surface area contributed by atoms with Gasteiger partial charge in [-0.25, -0.2) is 0 Å². The summed E-state index contributed by atoms with van der Waals surface area (Å²) < 4.78 is 0. The van der Waals surface area contributed by atoms with E-state index in [0.29, 0.717) is 11.3 Å². The number of benzene rings is 1. The summed E-state index contributed by atoms with van der Waals surface area (Å²) in [4.78, 5) is 1.39. The highest BCUT2D eigenvalue weighted by atomic mass is 32.2. The lowest BCUT2D eigenvalue weighted by Crippen LogP contribution is -2.24. The topological polar surface area (TPSA) is 12.0 Å². The van der Waals surface area contributed by atoms with Crippen LogP contribution in [0.25, 0.3) is 0 Å². The van der Waals surface area contributed by atoms with Crippen molar-refractivity contribution in [1.82, 2.24) is 5.32 Å². The molecule has 0 saturated heterocycles. The second-order valence-corrected chi connectivity index (χ2v) is 6.11. The highest BCUT2D eigenvalue weighted by Crippen LogP contribution is 2.27. The summed E-state index contributed by atoms with van der Waals surface area (Å²) in [7, 11) is 2.03. The maximum atomic E-state index is 3.29. The molecule has 2 atom stereocenters. The Morgan fingerprint density at radius 3 is 2.44 bits per heavy atom. The Morgan fingerprint density at radius 1 is 1.19 bits per heavy atom. The second-order valence-electron chi connectivity index (χ2n) is 4.60. The quantitative estimate of drug-likeness (QED) is 0.782. The van der Waals surface area contributed by atoms with Gasteiger partial charge in [0.05, 0.1) is 0 Å². The summed E-state index contributed by atoms with van der Waals surface area (Å²) in [6.45, 7) is 8.88. The molecule has 1 N–H and O–H groups in total. The number of nitrogens with one attached hydrogen (secondary N) is 1. The fourth-order valence-electron chi connectivity index (χ4n) is 1.68. The van der Waals surface area contributed by atoms with Crippen molar-refractivity contribution in [3.05, 3.63) is 29.3 Å². The van der Waals surface area contributed by atoms with Gasteiger partial charge in [0.2, 0.25) is 0 Å². The Bertz CT molecular complexity index is 336. The smallest absolute Gasteiger partial charge is 0.00807 e. The molecule has 0 saturated carbocycles. The fraction of sp³-hybridized carbons (Fsp3) is 0.571. The zero-order valence-electron chi connectivity index (χ0n) is 11.0. The molecule has 90 valence electrons. The van der Waals surface area contributed by atoms with Gasteiger partial charge >= 0.3 is 0 Å². The van der Waals surface area contributed by atoms with Crippen molar-refractivity contribution in [3.63, 3.8) is 0 Å². The fourth-order valence-corrected chi connectivity index (χ4v) is 2.92. The second kappa shape index (κ2) is 6.31. The molecule has 0 spiro atoms. The molecule has 16 heavy (non-hydrogen) atoms. The van der Waals surface area contributed by atoms with E-state index in [-0.39, 0.29) is 0 Å². The van der Waals surface area contributed by atoms with Gasteiger partial charge in [-0.15, -0.1) is 11.8 Å². The molecule has 0 aliphatic carbocycles. The molecule has 1 rings (SSSR count). The third-order valence-corrected chi connectivity index (χ3v) is 4.11. The summed E-state index contributed by atoms with van der Waals surface area (Å²) in [5, 5.41) is 3.95. The van der Waals surface area contributed by atoms with Crippen LogP contribution in [0.1, 0.15) is 31.4 Å². The summed E-state index contributed by atoms with van der Waals surface area (Å²) in [5.41, 5.74) is 2.76. The van der Waals surface area contributed by atoms with Gasteiger partial charge in [-0.3, -0.25) is 0 Å². The van der Waals surface area contributed by atoms with Crippen molar-refractivity contribution in [2.45, 2.75) is 50.3 Å². The van der Waals surface area contributed by atoms with E-state index in [4.69, 9.17) is 0 Å². The molecule has 1 aromatic rings. The van der Waals surface area contributed by atoms with Crippen LogP contribution in [-0.2, 0) is 0 Å². The van der Waals surface area contributed by atoms with Crippen LogP contribution in [0.3, 0.4) is 0 Å². The standard InChI is InChI=1S/C14H23NS/c1-10-6-7-14(8-11(10)2)16-13(4)9-12(3)15-5/h6-8,12-13,15H,9H2,1-5H3. The van der Waals surface area contributed by atoms with E-state index in [1.165, 1.54) is 22.4 Å². The molecule has 1 aromatic carbocycles. The number of hydrogen-bond acceptors (Lipinski definition) is 2. The molecule has 0 aliphatic rings. The van der Waals surface area contributed by atoms with E-state index in [9.17, 15) is 0 Å². The Labute approximate surface area is 104 Å². The molecule has 2 unspecified atom stereocenters. The lowest BCUT2D eigenvalue weighted by Gasteiger charge is -2.16. The van der Waals surface area contributed by atoms with Crippen LogP contribution in [0.15, 0.2) is 23.1 Å². The lowest BCUT2D eigenvalue weighted by molar-refractivity contribution is 0.564. The average Bonchev–Trinajstić information content (AvgIpc) is 2.23. The van der Waals surface area contributed by atoms with Crippen LogP contribution in [0.4, 0.5) is 0 Å². The van der Waals surface area contributed by atoms with Gasteiger partial charge in [0.15, 0.2) is 0 Å². The molecule has 0 aromatic heterocycles. The highest BCUT2D eigenvalue weighted by molar-refractivity contribution is 7.99. The van der Waals surface area contributed by atoms with E-state index in [1.807, 2.05) is 18.8 Å². The minimum atomic E-state index is 0.592. The zero-order valence-corrected chi connectivity index (χ0v) is 11.8. The van der Waals surface area contributed by atoms with Gasteiger partial charge in [-0.2, -0.15) is 0 Å². The Morgan fingerprint density at radius 2 is 1.88 bits per heavy atom. The molecule has 0 aliphatic heterocycles. The SMILES string of the molecule is CNC(C)CC(C)Sc1ccc(C)c(C)c1. The van der Waals surface area contributed by atoms with Crippen LogP contribution < -0.4 is 5.32 Å². The maximum Gasteiger partial charge on any atom is 0.00807 e. The average molecular weight is 237 g/mol. The van der Waals surface area contributed by atoms with Gasteiger partial charge in [-0.05, 0) is 57.5 Å². The van der Waals surface area contributed by atoms with Gasteiger partial charge < -0.3 is 5.32 Å². The van der Waals surface area contributed by atoms with Crippen LogP contribution in [-0.4, -0.2) is 18.3 Å². The molecule has 0 fully saturated rings. The molecular formula is C14H23NS. The van der Waals surface area contributed by atoms with Crippen molar-refractivity contribution < 1.29 is 0 Å². The Balaban J connectivity index is 2.56. The molecule has 0 bridgehead atoms. The van der Waals surface area contributed by atoms with Crippen LogP contribution in [0.5, 0.6) is 0 Å². The van der Waals surface area contributed by atoms with E-state index >= 15 is 0 Å². The van der Waals surface area contributed by atoms with Crippen LogP contribution in [0.2, 0.25) is 0 Å². The maximum absolute atomic E-state index is 3.29. The summed E-state index contributed by atoms with van der Waals surface area (Å²) in [6.07, 6.45) is 1.20. The summed E-state index contributed by atoms with van der Waals surface area (Å²) in [5.74, 6) is 0. The van der Waals surface area contributed by atoms with Crippen molar-refractivity contribution >= 4 is 11.8 Å². The van der Waals surface area contributed by atoms with E-state index in [2.05, 4.69) is 51.2 Å². The van der Waals surface area contributed by atoms with Gasteiger partial charge in [-0.1, -0.05) is 13.0 Å².